The van der Waals surface area contributed by atoms with Crippen molar-refractivity contribution >= 4 is 46.9 Å². The van der Waals surface area contributed by atoms with Crippen molar-refractivity contribution in [3.63, 3.8) is 0 Å². The lowest BCUT2D eigenvalue weighted by Gasteiger charge is -2.25. The van der Waals surface area contributed by atoms with E-state index in [1.807, 2.05) is 11.8 Å². The smallest absolute Gasteiger partial charge is 0.413 e. The lowest BCUT2D eigenvalue weighted by atomic mass is 10.1. The number of benzene rings is 1. The molecule has 0 fully saturated rings. The van der Waals surface area contributed by atoms with Crippen LogP contribution in [0.5, 0.6) is 5.75 Å². The molecule has 0 heterocycles. The van der Waals surface area contributed by atoms with Crippen LogP contribution in [0.25, 0.3) is 0 Å². The van der Waals surface area contributed by atoms with Gasteiger partial charge in [-0.2, -0.15) is 0 Å². The molecular formula is C17H22Cl2N2O6. The second-order valence-corrected chi connectivity index (χ2v) is 6.43. The summed E-state index contributed by atoms with van der Waals surface area (Å²) in [6.45, 7) is 3.06. The van der Waals surface area contributed by atoms with Crippen molar-refractivity contribution < 1.29 is 29.3 Å². The molecule has 3 N–H and O–H groups in total. The monoisotopic (exact) mass is 420 g/mol. The Hall–Kier alpha value is -2.19. The number of nitrogens with zero attached hydrogens (tertiary/aromatic N) is 1. The Labute approximate surface area is 167 Å². The third kappa shape index (κ3) is 7.92. The molecule has 1 aromatic carbocycles. The SMILES string of the molecule is Cc1cc(OC(=O)N[C@@H](CCC(=O)O)C(=O)O)ccc1N(CCCl)CCCl. The van der Waals surface area contributed by atoms with Gasteiger partial charge in [-0.25, -0.2) is 9.59 Å². The number of carbonyl (C=O) groups is 3. The zero-order valence-electron chi connectivity index (χ0n) is 14.8. The molecule has 0 aromatic heterocycles. The number of carboxylic acids is 2. The highest BCUT2D eigenvalue weighted by molar-refractivity contribution is 6.18. The molecule has 1 rings (SSSR count). The first kappa shape index (κ1) is 22.9. The molecule has 0 aliphatic heterocycles. The summed E-state index contributed by atoms with van der Waals surface area (Å²) in [6.07, 6.45) is -1.61. The highest BCUT2D eigenvalue weighted by Gasteiger charge is 2.22. The summed E-state index contributed by atoms with van der Waals surface area (Å²) in [7, 11) is 0. The fourth-order valence-electron chi connectivity index (χ4n) is 2.41. The molecule has 0 radical (unpaired) electrons. The zero-order chi connectivity index (χ0) is 20.4. The number of aryl methyl sites for hydroxylation is 1. The minimum absolute atomic E-state index is 0.229. The Morgan fingerprint density at radius 3 is 2.30 bits per heavy atom. The van der Waals surface area contributed by atoms with Gasteiger partial charge in [0.1, 0.15) is 11.8 Å². The van der Waals surface area contributed by atoms with Crippen LogP contribution in [0.3, 0.4) is 0 Å². The molecular weight excluding hydrogens is 399 g/mol. The largest absolute Gasteiger partial charge is 0.481 e. The number of ether oxygens (including phenoxy) is 1. The van der Waals surface area contributed by atoms with Gasteiger partial charge in [-0.3, -0.25) is 4.79 Å². The minimum atomic E-state index is -1.35. The van der Waals surface area contributed by atoms with Gasteiger partial charge in [-0.15, -0.1) is 23.2 Å². The number of hydrogen-bond acceptors (Lipinski definition) is 5. The van der Waals surface area contributed by atoms with Crippen LogP contribution in [0.15, 0.2) is 18.2 Å². The van der Waals surface area contributed by atoms with Gasteiger partial charge in [0.2, 0.25) is 0 Å². The molecule has 27 heavy (non-hydrogen) atoms. The summed E-state index contributed by atoms with van der Waals surface area (Å²) in [5.74, 6) is -1.39. The lowest BCUT2D eigenvalue weighted by Crippen LogP contribution is -2.42. The normalized spacial score (nSPS) is 11.5. The van der Waals surface area contributed by atoms with Crippen molar-refractivity contribution in [2.24, 2.45) is 0 Å². The van der Waals surface area contributed by atoms with Gasteiger partial charge in [-0.05, 0) is 37.1 Å². The maximum Gasteiger partial charge on any atom is 0.413 e. The highest BCUT2D eigenvalue weighted by Crippen LogP contribution is 2.25. The predicted octanol–water partition coefficient (Wildman–Crippen LogP) is 2.69. The fourth-order valence-corrected chi connectivity index (χ4v) is 2.82. The maximum absolute atomic E-state index is 11.9. The third-order valence-electron chi connectivity index (χ3n) is 3.67. The predicted molar refractivity (Wildman–Crippen MR) is 102 cm³/mol. The van der Waals surface area contributed by atoms with Crippen molar-refractivity contribution in [1.82, 2.24) is 5.32 Å². The number of hydrogen-bond donors (Lipinski definition) is 3. The Balaban J connectivity index is 2.77. The van der Waals surface area contributed by atoms with Gasteiger partial charge in [0, 0.05) is 37.0 Å². The molecule has 1 amide bonds. The Kier molecular flexibility index (Phi) is 9.74. The first-order valence-corrected chi connectivity index (χ1v) is 9.25. The number of carboxylic acid groups (broad SMARTS) is 2. The standard InChI is InChI=1S/C17H22Cl2N2O6/c1-11-10-12(2-4-14(11)21(8-6-18)9-7-19)27-17(26)20-13(16(24)25)3-5-15(22)23/h2,4,10,13H,3,5-9H2,1H3,(H,20,26)(H,22,23)(H,24,25)/t13-/m0/s1. The third-order valence-corrected chi connectivity index (χ3v) is 4.00. The fraction of sp³-hybridized carbons (Fsp3) is 0.471. The van der Waals surface area contributed by atoms with Crippen LogP contribution in [0.4, 0.5) is 10.5 Å². The van der Waals surface area contributed by atoms with Crippen molar-refractivity contribution in [1.29, 1.82) is 0 Å². The topological polar surface area (TPSA) is 116 Å². The van der Waals surface area contributed by atoms with E-state index >= 15 is 0 Å². The number of aliphatic carboxylic acids is 2. The molecule has 8 nitrogen and oxygen atoms in total. The van der Waals surface area contributed by atoms with E-state index in [2.05, 4.69) is 5.32 Å². The van der Waals surface area contributed by atoms with E-state index < -0.39 is 24.1 Å². The van der Waals surface area contributed by atoms with Crippen LogP contribution in [-0.2, 0) is 9.59 Å². The number of nitrogens with one attached hydrogen (secondary N) is 1. The van der Waals surface area contributed by atoms with Crippen LogP contribution < -0.4 is 15.0 Å². The molecule has 150 valence electrons. The molecule has 0 unspecified atom stereocenters. The molecule has 0 saturated carbocycles. The molecule has 0 bridgehead atoms. The molecule has 0 aliphatic carbocycles. The van der Waals surface area contributed by atoms with Crippen LogP contribution in [-0.4, -0.2) is 59.1 Å². The Bertz CT molecular complexity index is 665. The Morgan fingerprint density at radius 2 is 1.81 bits per heavy atom. The number of rotatable bonds is 11. The lowest BCUT2D eigenvalue weighted by molar-refractivity contribution is -0.140. The number of carbonyl (C=O) groups excluding carboxylic acids is 1. The minimum Gasteiger partial charge on any atom is -0.481 e. The highest BCUT2D eigenvalue weighted by atomic mass is 35.5. The molecule has 0 saturated heterocycles. The van der Waals surface area contributed by atoms with Gasteiger partial charge < -0.3 is 25.2 Å². The van der Waals surface area contributed by atoms with Crippen LogP contribution in [0.2, 0.25) is 0 Å². The maximum atomic E-state index is 11.9. The van der Waals surface area contributed by atoms with Crippen molar-refractivity contribution in [3.8, 4) is 5.75 Å². The number of halogens is 2. The van der Waals surface area contributed by atoms with E-state index in [0.29, 0.717) is 24.8 Å². The van der Waals surface area contributed by atoms with Crippen molar-refractivity contribution in [2.45, 2.75) is 25.8 Å². The second kappa shape index (κ2) is 11.5. The molecule has 0 aliphatic rings. The van der Waals surface area contributed by atoms with E-state index in [9.17, 15) is 14.4 Å². The van der Waals surface area contributed by atoms with Gasteiger partial charge in [0.25, 0.3) is 0 Å². The number of anilines is 1. The van der Waals surface area contributed by atoms with Gasteiger partial charge in [0.05, 0.1) is 0 Å². The molecule has 1 atom stereocenters. The zero-order valence-corrected chi connectivity index (χ0v) is 16.3. The van der Waals surface area contributed by atoms with Gasteiger partial charge in [0.15, 0.2) is 0 Å². The molecule has 1 aromatic rings. The average Bonchev–Trinajstić information content (AvgIpc) is 2.58. The summed E-state index contributed by atoms with van der Waals surface area (Å²) in [4.78, 5) is 35.6. The summed E-state index contributed by atoms with van der Waals surface area (Å²) >= 11 is 11.6. The van der Waals surface area contributed by atoms with Gasteiger partial charge in [-0.1, -0.05) is 0 Å². The van der Waals surface area contributed by atoms with Gasteiger partial charge >= 0.3 is 18.0 Å². The van der Waals surface area contributed by atoms with E-state index in [-0.39, 0.29) is 18.6 Å². The first-order chi connectivity index (χ1) is 12.8. The van der Waals surface area contributed by atoms with Crippen molar-refractivity contribution in [2.75, 3.05) is 29.7 Å². The van der Waals surface area contributed by atoms with Crippen LogP contribution >= 0.6 is 23.2 Å². The average molecular weight is 421 g/mol. The van der Waals surface area contributed by atoms with Crippen LogP contribution in [0, 0.1) is 6.92 Å². The summed E-state index contributed by atoms with van der Waals surface area (Å²) < 4.78 is 5.11. The molecule has 0 spiro atoms. The first-order valence-electron chi connectivity index (χ1n) is 8.19. The summed E-state index contributed by atoms with van der Waals surface area (Å²) in [5, 5.41) is 19.8. The van der Waals surface area contributed by atoms with E-state index in [1.165, 1.54) is 0 Å². The van der Waals surface area contributed by atoms with E-state index in [4.69, 9.17) is 38.2 Å². The second-order valence-electron chi connectivity index (χ2n) is 5.67. The van der Waals surface area contributed by atoms with Crippen molar-refractivity contribution in [3.05, 3.63) is 23.8 Å². The summed E-state index contributed by atoms with van der Waals surface area (Å²) in [5.41, 5.74) is 1.73. The number of amides is 1. The van der Waals surface area contributed by atoms with Crippen LogP contribution in [0.1, 0.15) is 18.4 Å². The van der Waals surface area contributed by atoms with E-state index in [0.717, 1.165) is 11.3 Å². The number of alkyl halides is 2. The molecule has 10 heteroatoms. The summed E-state index contributed by atoms with van der Waals surface area (Å²) in [6, 6.07) is 3.62. The Morgan fingerprint density at radius 1 is 1.19 bits per heavy atom. The quantitative estimate of drug-likeness (QED) is 0.471. The van der Waals surface area contributed by atoms with E-state index in [1.54, 1.807) is 18.2 Å².